The van der Waals surface area contributed by atoms with Gasteiger partial charge in [-0.3, -0.25) is 9.59 Å². The van der Waals surface area contributed by atoms with Crippen molar-refractivity contribution in [2.24, 2.45) is 11.7 Å². The number of hydrogen-bond acceptors (Lipinski definition) is 4. The summed E-state index contributed by atoms with van der Waals surface area (Å²) in [6.07, 6.45) is 4.21. The molecule has 34 heavy (non-hydrogen) atoms. The van der Waals surface area contributed by atoms with E-state index in [2.05, 4.69) is 10.1 Å². The number of carbonyl (C=O) groups excluding carboxylic acids is 2. The SMILES string of the molecule is NC1CCN(C(=O)C(CC2CCCCC2)NC(=O)C2(c3ccc(OC(F)(F)F)cc3)CC2)CC1. The molecule has 0 bridgehead atoms. The van der Waals surface area contributed by atoms with Gasteiger partial charge in [0.1, 0.15) is 11.8 Å². The van der Waals surface area contributed by atoms with Crippen LogP contribution in [-0.2, 0) is 15.0 Å². The second-order valence-electron chi connectivity index (χ2n) is 10.1. The second kappa shape index (κ2) is 10.1. The van der Waals surface area contributed by atoms with Crippen molar-refractivity contribution in [1.82, 2.24) is 10.2 Å². The highest BCUT2D eigenvalue weighted by atomic mass is 19.4. The molecule has 1 aromatic rings. The predicted molar refractivity (Wildman–Crippen MR) is 121 cm³/mol. The molecule has 1 heterocycles. The number of hydrogen-bond donors (Lipinski definition) is 2. The number of benzene rings is 1. The second-order valence-corrected chi connectivity index (χ2v) is 10.1. The molecule has 1 atom stereocenters. The highest BCUT2D eigenvalue weighted by Crippen LogP contribution is 2.49. The number of alkyl halides is 3. The number of halogens is 3. The molecule has 4 rings (SSSR count). The molecule has 0 spiro atoms. The fourth-order valence-electron chi connectivity index (χ4n) is 5.36. The summed E-state index contributed by atoms with van der Waals surface area (Å²) in [7, 11) is 0. The van der Waals surface area contributed by atoms with Gasteiger partial charge in [0.25, 0.3) is 0 Å². The molecular formula is C25H34F3N3O3. The Morgan fingerprint density at radius 2 is 1.68 bits per heavy atom. The summed E-state index contributed by atoms with van der Waals surface area (Å²) in [5.41, 5.74) is 5.84. The van der Waals surface area contributed by atoms with Crippen molar-refractivity contribution < 1.29 is 27.5 Å². The van der Waals surface area contributed by atoms with Crippen LogP contribution in [0, 0.1) is 5.92 Å². The fraction of sp³-hybridized carbons (Fsp3) is 0.680. The standard InChI is InChI=1S/C25H34F3N3O3/c26-25(27,28)34-20-8-6-18(7-9-20)24(12-13-24)23(33)30-21(16-17-4-2-1-3-5-17)22(32)31-14-10-19(29)11-15-31/h6-9,17,19,21H,1-5,10-16,29H2,(H,30,33). The Kier molecular flexibility index (Phi) is 7.40. The summed E-state index contributed by atoms with van der Waals surface area (Å²) in [4.78, 5) is 28.7. The van der Waals surface area contributed by atoms with Crippen LogP contribution in [0.4, 0.5) is 13.2 Å². The summed E-state index contributed by atoms with van der Waals surface area (Å²) in [5.74, 6) is -0.180. The zero-order chi connectivity index (χ0) is 24.3. The molecule has 2 aliphatic carbocycles. The summed E-state index contributed by atoms with van der Waals surface area (Å²) in [5, 5.41) is 3.05. The van der Waals surface area contributed by atoms with Crippen LogP contribution >= 0.6 is 0 Å². The van der Waals surface area contributed by atoms with Gasteiger partial charge in [0.05, 0.1) is 5.41 Å². The molecular weight excluding hydrogens is 447 g/mol. The Morgan fingerprint density at radius 3 is 2.24 bits per heavy atom. The summed E-state index contributed by atoms with van der Waals surface area (Å²) >= 11 is 0. The lowest BCUT2D eigenvalue weighted by Gasteiger charge is -2.35. The molecule has 2 amide bonds. The van der Waals surface area contributed by atoms with Crippen LogP contribution in [0.5, 0.6) is 5.75 Å². The Morgan fingerprint density at radius 1 is 1.06 bits per heavy atom. The first-order chi connectivity index (χ1) is 16.2. The highest BCUT2D eigenvalue weighted by Gasteiger charge is 2.52. The fourth-order valence-corrected chi connectivity index (χ4v) is 5.36. The molecule has 1 aromatic carbocycles. The van der Waals surface area contributed by atoms with Crippen LogP contribution < -0.4 is 15.8 Å². The number of piperidine rings is 1. The quantitative estimate of drug-likeness (QED) is 0.616. The Labute approximate surface area is 198 Å². The largest absolute Gasteiger partial charge is 0.573 e. The van der Waals surface area contributed by atoms with E-state index < -0.39 is 17.8 Å². The van der Waals surface area contributed by atoms with Crippen molar-refractivity contribution in [1.29, 1.82) is 0 Å². The van der Waals surface area contributed by atoms with Crippen LogP contribution in [0.1, 0.15) is 69.8 Å². The minimum atomic E-state index is -4.76. The van der Waals surface area contributed by atoms with Gasteiger partial charge >= 0.3 is 6.36 Å². The third-order valence-corrected chi connectivity index (χ3v) is 7.57. The van der Waals surface area contributed by atoms with Crippen LogP contribution in [0.3, 0.4) is 0 Å². The van der Waals surface area contributed by atoms with Crippen molar-refractivity contribution in [3.05, 3.63) is 29.8 Å². The average Bonchev–Trinajstić information content (AvgIpc) is 3.61. The van der Waals surface area contributed by atoms with Gasteiger partial charge < -0.3 is 20.7 Å². The summed E-state index contributed by atoms with van der Waals surface area (Å²) < 4.78 is 41.4. The lowest BCUT2D eigenvalue weighted by molar-refractivity contribution is -0.274. The summed E-state index contributed by atoms with van der Waals surface area (Å²) in [6, 6.07) is 5.01. The number of amides is 2. The van der Waals surface area contributed by atoms with Crippen LogP contribution in [0.15, 0.2) is 24.3 Å². The highest BCUT2D eigenvalue weighted by molar-refractivity contribution is 5.95. The minimum absolute atomic E-state index is 0.0458. The molecule has 6 nitrogen and oxygen atoms in total. The first kappa shape index (κ1) is 24.8. The lowest BCUT2D eigenvalue weighted by atomic mass is 9.84. The molecule has 2 saturated carbocycles. The smallest absolute Gasteiger partial charge is 0.406 e. The third-order valence-electron chi connectivity index (χ3n) is 7.57. The molecule has 1 unspecified atom stereocenters. The predicted octanol–water partition coefficient (Wildman–Crippen LogP) is 4.02. The first-order valence-electron chi connectivity index (χ1n) is 12.4. The van der Waals surface area contributed by atoms with Crippen molar-refractivity contribution in [2.75, 3.05) is 13.1 Å². The van der Waals surface area contributed by atoms with Crippen LogP contribution in [-0.4, -0.2) is 48.2 Å². The van der Waals surface area contributed by atoms with Gasteiger partial charge in [-0.15, -0.1) is 13.2 Å². The van der Waals surface area contributed by atoms with Crippen molar-refractivity contribution in [2.45, 2.75) is 88.1 Å². The van der Waals surface area contributed by atoms with Gasteiger partial charge in [-0.05, 0) is 55.7 Å². The van der Waals surface area contributed by atoms with E-state index in [9.17, 15) is 22.8 Å². The van der Waals surface area contributed by atoms with E-state index in [1.165, 1.54) is 30.7 Å². The molecule has 9 heteroatoms. The minimum Gasteiger partial charge on any atom is -0.406 e. The first-order valence-corrected chi connectivity index (χ1v) is 12.4. The van der Waals surface area contributed by atoms with Gasteiger partial charge in [-0.1, -0.05) is 44.2 Å². The molecule has 0 aromatic heterocycles. The molecule has 0 radical (unpaired) electrons. The van der Waals surface area contributed by atoms with E-state index in [1.54, 1.807) is 0 Å². The van der Waals surface area contributed by atoms with E-state index in [4.69, 9.17) is 5.73 Å². The molecule has 188 valence electrons. The van der Waals surface area contributed by atoms with E-state index >= 15 is 0 Å². The number of nitrogens with two attached hydrogens (primary N) is 1. The Bertz CT molecular complexity index is 856. The van der Waals surface area contributed by atoms with Gasteiger partial charge in [-0.2, -0.15) is 0 Å². The van der Waals surface area contributed by atoms with Crippen molar-refractivity contribution in [3.63, 3.8) is 0 Å². The Balaban J connectivity index is 1.46. The molecule has 1 aliphatic heterocycles. The Hall–Kier alpha value is -2.29. The molecule has 3 fully saturated rings. The van der Waals surface area contributed by atoms with Gasteiger partial charge in [-0.25, -0.2) is 0 Å². The molecule has 3 N–H and O–H groups in total. The topological polar surface area (TPSA) is 84.7 Å². The number of nitrogens with one attached hydrogen (secondary N) is 1. The number of likely N-dealkylation sites (tertiary alicyclic amines) is 1. The zero-order valence-corrected chi connectivity index (χ0v) is 19.4. The normalized spacial score (nSPS) is 22.2. The molecule has 3 aliphatic rings. The zero-order valence-electron chi connectivity index (χ0n) is 19.4. The monoisotopic (exact) mass is 481 g/mol. The maximum absolute atomic E-state index is 13.4. The molecule has 1 saturated heterocycles. The number of carbonyl (C=O) groups is 2. The lowest BCUT2D eigenvalue weighted by Crippen LogP contribution is -2.54. The van der Waals surface area contributed by atoms with Gasteiger partial charge in [0, 0.05) is 19.1 Å². The van der Waals surface area contributed by atoms with Crippen molar-refractivity contribution in [3.8, 4) is 5.75 Å². The van der Waals surface area contributed by atoms with E-state index in [1.807, 2.05) is 4.90 Å². The maximum atomic E-state index is 13.4. The van der Waals surface area contributed by atoms with Crippen LogP contribution in [0.2, 0.25) is 0 Å². The van der Waals surface area contributed by atoms with Gasteiger partial charge in [0.2, 0.25) is 11.8 Å². The van der Waals surface area contributed by atoms with E-state index in [-0.39, 0.29) is 23.6 Å². The third kappa shape index (κ3) is 6.03. The maximum Gasteiger partial charge on any atom is 0.573 e. The van der Waals surface area contributed by atoms with E-state index in [0.29, 0.717) is 43.8 Å². The number of nitrogens with zero attached hydrogens (tertiary/aromatic N) is 1. The van der Waals surface area contributed by atoms with Crippen LogP contribution in [0.25, 0.3) is 0 Å². The van der Waals surface area contributed by atoms with Crippen molar-refractivity contribution >= 4 is 11.8 Å². The van der Waals surface area contributed by atoms with Gasteiger partial charge in [0.15, 0.2) is 0 Å². The average molecular weight is 482 g/mol. The number of rotatable bonds is 7. The number of ether oxygens (including phenoxy) is 1. The summed E-state index contributed by atoms with van der Waals surface area (Å²) in [6.45, 7) is 1.20. The van der Waals surface area contributed by atoms with E-state index in [0.717, 1.165) is 38.5 Å².